The van der Waals surface area contributed by atoms with Crippen LogP contribution in [0.2, 0.25) is 0 Å². The molecular formula is C3H6BrNO. The second-order valence-corrected chi connectivity index (χ2v) is 1.53. The summed E-state index contributed by atoms with van der Waals surface area (Å²) in [6.07, 6.45) is 0. The highest BCUT2D eigenvalue weighted by Gasteiger charge is 1.79. The first-order valence-corrected chi connectivity index (χ1v) is 2.67. The normalized spacial score (nSPS) is 12.0. The van der Waals surface area contributed by atoms with E-state index in [0.29, 0.717) is 11.0 Å². The monoisotopic (exact) mass is 151 g/mol. The molecule has 0 radical (unpaired) electrons. The molecule has 0 aromatic heterocycles. The quantitative estimate of drug-likeness (QED) is 0.260. The average molecular weight is 152 g/mol. The first-order valence-electron chi connectivity index (χ1n) is 1.54. The molecule has 0 aliphatic rings. The smallest absolute Gasteiger partial charge is 0.0645 e. The Kier molecular flexibility index (Phi) is 3.13. The Morgan fingerprint density at radius 2 is 2.50 bits per heavy atom. The van der Waals surface area contributed by atoms with Crippen molar-refractivity contribution in [2.45, 2.75) is 6.92 Å². The Hall–Kier alpha value is -0.0500. The third-order valence-electron chi connectivity index (χ3n) is 0.364. The number of nitrogens with zero attached hydrogens (tertiary/aromatic N) is 1. The summed E-state index contributed by atoms with van der Waals surface area (Å²) in [7, 11) is 0. The van der Waals surface area contributed by atoms with E-state index in [0.717, 1.165) is 0 Å². The third kappa shape index (κ3) is 2.20. The minimum Gasteiger partial charge on any atom is -0.411 e. The van der Waals surface area contributed by atoms with Crippen LogP contribution in [0.25, 0.3) is 0 Å². The molecule has 0 heterocycles. The van der Waals surface area contributed by atoms with E-state index in [9.17, 15) is 0 Å². The molecule has 0 atom stereocenters. The van der Waals surface area contributed by atoms with Crippen LogP contribution in [0, 0.1) is 0 Å². The molecule has 6 heavy (non-hydrogen) atoms. The van der Waals surface area contributed by atoms with E-state index >= 15 is 0 Å². The van der Waals surface area contributed by atoms with Gasteiger partial charge in [-0.05, 0) is 6.92 Å². The molecule has 0 aliphatic heterocycles. The van der Waals surface area contributed by atoms with Crippen LogP contribution in [0.4, 0.5) is 0 Å². The van der Waals surface area contributed by atoms with Crippen LogP contribution in [0.5, 0.6) is 0 Å². The van der Waals surface area contributed by atoms with Gasteiger partial charge in [-0.25, -0.2) is 0 Å². The predicted octanol–water partition coefficient (Wildman–Crippen LogP) is 1.23. The first-order chi connectivity index (χ1) is 2.81. The number of alkyl halides is 1. The lowest BCUT2D eigenvalue weighted by Gasteiger charge is -1.80. The van der Waals surface area contributed by atoms with Crippen molar-refractivity contribution in [3.05, 3.63) is 0 Å². The number of hydrogen-bond acceptors (Lipinski definition) is 2. The van der Waals surface area contributed by atoms with Crippen LogP contribution in [-0.2, 0) is 0 Å². The van der Waals surface area contributed by atoms with Crippen molar-refractivity contribution in [2.75, 3.05) is 5.33 Å². The fourth-order valence-electron chi connectivity index (χ4n) is 0.0267. The SMILES string of the molecule is C/C(CBr)=N\O. The van der Waals surface area contributed by atoms with Crippen molar-refractivity contribution in [2.24, 2.45) is 5.16 Å². The summed E-state index contributed by atoms with van der Waals surface area (Å²) in [5.41, 5.74) is 0.690. The molecule has 0 aromatic rings. The molecule has 0 amide bonds. The lowest BCUT2D eigenvalue weighted by Crippen LogP contribution is -1.88. The first kappa shape index (κ1) is 5.95. The maximum absolute atomic E-state index is 7.89. The molecule has 3 heteroatoms. The highest BCUT2D eigenvalue weighted by Crippen LogP contribution is 1.81. The topological polar surface area (TPSA) is 32.6 Å². The van der Waals surface area contributed by atoms with Crippen molar-refractivity contribution in [3.63, 3.8) is 0 Å². The number of hydrogen-bond donors (Lipinski definition) is 1. The Balaban J connectivity index is 3.22. The van der Waals surface area contributed by atoms with Gasteiger partial charge < -0.3 is 5.21 Å². The van der Waals surface area contributed by atoms with Gasteiger partial charge in [0.25, 0.3) is 0 Å². The number of halogens is 1. The van der Waals surface area contributed by atoms with Gasteiger partial charge in [0.15, 0.2) is 0 Å². The summed E-state index contributed by atoms with van der Waals surface area (Å²) < 4.78 is 0. The molecule has 2 nitrogen and oxygen atoms in total. The van der Waals surface area contributed by atoms with Crippen LogP contribution in [0.15, 0.2) is 5.16 Å². The molecule has 36 valence electrons. The van der Waals surface area contributed by atoms with Gasteiger partial charge in [0.05, 0.1) is 5.71 Å². The van der Waals surface area contributed by atoms with E-state index in [-0.39, 0.29) is 0 Å². The fraction of sp³-hybridized carbons (Fsp3) is 0.667. The standard InChI is InChI=1S/C3H6BrNO/c1-3(2-4)5-6/h6H,2H2,1H3/b5-3+. The zero-order chi connectivity index (χ0) is 4.99. The summed E-state index contributed by atoms with van der Waals surface area (Å²) >= 11 is 3.08. The largest absolute Gasteiger partial charge is 0.411 e. The summed E-state index contributed by atoms with van der Waals surface area (Å²) in [6, 6.07) is 0. The van der Waals surface area contributed by atoms with Crippen molar-refractivity contribution in [3.8, 4) is 0 Å². The molecule has 0 bridgehead atoms. The fourth-order valence-corrected chi connectivity index (χ4v) is 0.139. The van der Waals surface area contributed by atoms with E-state index in [1.54, 1.807) is 6.92 Å². The second-order valence-electron chi connectivity index (χ2n) is 0.969. The highest BCUT2D eigenvalue weighted by atomic mass is 79.9. The molecule has 0 unspecified atom stereocenters. The second kappa shape index (κ2) is 3.15. The highest BCUT2D eigenvalue weighted by molar-refractivity contribution is 9.09. The lowest BCUT2D eigenvalue weighted by atomic mass is 10.5. The van der Waals surface area contributed by atoms with Gasteiger partial charge in [-0.2, -0.15) is 0 Å². The van der Waals surface area contributed by atoms with Gasteiger partial charge in [0, 0.05) is 5.33 Å². The van der Waals surface area contributed by atoms with Gasteiger partial charge in [-0.3, -0.25) is 0 Å². The van der Waals surface area contributed by atoms with E-state index in [1.165, 1.54) is 0 Å². The minimum absolute atomic E-state index is 0.642. The van der Waals surface area contributed by atoms with Crippen molar-refractivity contribution in [1.82, 2.24) is 0 Å². The minimum atomic E-state index is 0.642. The van der Waals surface area contributed by atoms with Crippen molar-refractivity contribution in [1.29, 1.82) is 0 Å². The van der Waals surface area contributed by atoms with Gasteiger partial charge in [0.1, 0.15) is 0 Å². The molecule has 0 aromatic carbocycles. The summed E-state index contributed by atoms with van der Waals surface area (Å²) in [4.78, 5) is 0. The zero-order valence-electron chi connectivity index (χ0n) is 3.48. The lowest BCUT2D eigenvalue weighted by molar-refractivity contribution is 0.318. The third-order valence-corrected chi connectivity index (χ3v) is 1.18. The molecule has 0 saturated carbocycles. The maximum Gasteiger partial charge on any atom is 0.0645 e. The average Bonchev–Trinajstić information content (AvgIpc) is 1.65. The molecule has 0 fully saturated rings. The number of rotatable bonds is 1. The Morgan fingerprint density at radius 3 is 2.50 bits per heavy atom. The van der Waals surface area contributed by atoms with Crippen LogP contribution in [0.1, 0.15) is 6.92 Å². The van der Waals surface area contributed by atoms with Crippen LogP contribution in [-0.4, -0.2) is 16.2 Å². The van der Waals surface area contributed by atoms with Crippen LogP contribution < -0.4 is 0 Å². The Labute approximate surface area is 45.0 Å². The van der Waals surface area contributed by atoms with Crippen molar-refractivity contribution < 1.29 is 5.21 Å². The van der Waals surface area contributed by atoms with E-state index in [4.69, 9.17) is 5.21 Å². The molecule has 0 aliphatic carbocycles. The van der Waals surface area contributed by atoms with E-state index in [2.05, 4.69) is 21.1 Å². The summed E-state index contributed by atoms with van der Waals surface area (Å²) in [6.45, 7) is 1.73. The van der Waals surface area contributed by atoms with Gasteiger partial charge in [-0.15, -0.1) is 0 Å². The zero-order valence-corrected chi connectivity index (χ0v) is 5.07. The Bertz CT molecular complexity index is 61.8. The molecule has 0 spiro atoms. The van der Waals surface area contributed by atoms with Gasteiger partial charge in [0.2, 0.25) is 0 Å². The van der Waals surface area contributed by atoms with Crippen LogP contribution >= 0.6 is 15.9 Å². The number of oxime groups is 1. The summed E-state index contributed by atoms with van der Waals surface area (Å²) in [5, 5.41) is 11.4. The Morgan fingerprint density at radius 1 is 2.00 bits per heavy atom. The molecule has 0 rings (SSSR count). The molecule has 0 saturated heterocycles. The van der Waals surface area contributed by atoms with E-state index in [1.807, 2.05) is 0 Å². The molecule has 1 N–H and O–H groups in total. The van der Waals surface area contributed by atoms with Crippen molar-refractivity contribution >= 4 is 21.6 Å². The van der Waals surface area contributed by atoms with Crippen LogP contribution in [0.3, 0.4) is 0 Å². The van der Waals surface area contributed by atoms with Gasteiger partial charge >= 0.3 is 0 Å². The van der Waals surface area contributed by atoms with Gasteiger partial charge in [-0.1, -0.05) is 21.1 Å². The predicted molar refractivity (Wildman–Crippen MR) is 28.7 cm³/mol. The maximum atomic E-state index is 7.89. The molecular weight excluding hydrogens is 146 g/mol. The summed E-state index contributed by atoms with van der Waals surface area (Å²) in [5.74, 6) is 0. The van der Waals surface area contributed by atoms with E-state index < -0.39 is 0 Å².